The first-order valence-corrected chi connectivity index (χ1v) is 7.29. The van der Waals surface area contributed by atoms with Crippen molar-refractivity contribution in [3.8, 4) is 0 Å². The van der Waals surface area contributed by atoms with Crippen molar-refractivity contribution in [2.45, 2.75) is 25.2 Å². The van der Waals surface area contributed by atoms with E-state index in [1.54, 1.807) is 6.07 Å². The summed E-state index contributed by atoms with van der Waals surface area (Å²) in [4.78, 5) is 12.7. The van der Waals surface area contributed by atoms with E-state index >= 15 is 0 Å². The van der Waals surface area contributed by atoms with Gasteiger partial charge in [0.25, 0.3) is 0 Å². The molecule has 1 aliphatic rings. The smallest absolute Gasteiger partial charge is 0.166 e. The lowest BCUT2D eigenvalue weighted by Crippen LogP contribution is -2.19. The largest absolute Gasteiger partial charge is 0.294 e. The highest BCUT2D eigenvalue weighted by Gasteiger charge is 2.27. The maximum Gasteiger partial charge on any atom is 0.166 e. The van der Waals surface area contributed by atoms with Gasteiger partial charge in [0.2, 0.25) is 0 Å². The van der Waals surface area contributed by atoms with E-state index in [-0.39, 0.29) is 17.5 Å². The van der Waals surface area contributed by atoms with Crippen molar-refractivity contribution >= 4 is 11.9 Å². The Morgan fingerprint density at radius 3 is 2.62 bits per heavy atom. The molecule has 0 radical (unpaired) electrons. The van der Waals surface area contributed by atoms with Crippen LogP contribution in [0.4, 0.5) is 4.39 Å². The first-order valence-electron chi connectivity index (χ1n) is 7.29. The maximum atomic E-state index is 13.2. The zero-order valence-corrected chi connectivity index (χ0v) is 11.8. The molecule has 1 saturated carbocycles. The minimum atomic E-state index is -0.271. The van der Waals surface area contributed by atoms with Gasteiger partial charge in [-0.2, -0.15) is 0 Å². The Morgan fingerprint density at radius 1 is 1.05 bits per heavy atom. The summed E-state index contributed by atoms with van der Waals surface area (Å²) >= 11 is 0. The fraction of sp³-hybridized carbons (Fsp3) is 0.211. The molecular formula is C19H17FO. The third kappa shape index (κ3) is 3.10. The van der Waals surface area contributed by atoms with Gasteiger partial charge >= 0.3 is 0 Å². The third-order valence-corrected chi connectivity index (χ3v) is 3.96. The first kappa shape index (κ1) is 13.7. The molecule has 0 amide bonds. The predicted octanol–water partition coefficient (Wildman–Crippen LogP) is 4.75. The molecular weight excluding hydrogens is 263 g/mol. The van der Waals surface area contributed by atoms with E-state index in [4.69, 9.17) is 0 Å². The average Bonchev–Trinajstić information content (AvgIpc) is 2.50. The predicted molar refractivity (Wildman–Crippen MR) is 82.4 cm³/mol. The van der Waals surface area contributed by atoms with Crippen molar-refractivity contribution in [1.82, 2.24) is 0 Å². The molecule has 1 aliphatic carbocycles. The minimum Gasteiger partial charge on any atom is -0.294 e. The van der Waals surface area contributed by atoms with Crippen molar-refractivity contribution in [3.63, 3.8) is 0 Å². The average molecular weight is 280 g/mol. The number of Topliss-reactive ketones (excluding diaryl/α,β-unsaturated/α-hetero) is 1. The van der Waals surface area contributed by atoms with Gasteiger partial charge in [-0.05, 0) is 54.2 Å². The molecule has 0 spiro atoms. The van der Waals surface area contributed by atoms with Crippen LogP contribution in [0.2, 0.25) is 0 Å². The van der Waals surface area contributed by atoms with Crippen LogP contribution in [0, 0.1) is 5.82 Å². The topological polar surface area (TPSA) is 17.1 Å². The van der Waals surface area contributed by atoms with Crippen LogP contribution in [0.5, 0.6) is 0 Å². The third-order valence-electron chi connectivity index (χ3n) is 3.96. The van der Waals surface area contributed by atoms with Crippen LogP contribution in [0.15, 0.2) is 60.2 Å². The summed E-state index contributed by atoms with van der Waals surface area (Å²) in [6.45, 7) is 0. The van der Waals surface area contributed by atoms with Gasteiger partial charge in [-0.1, -0.05) is 42.5 Å². The molecule has 0 aromatic heterocycles. The molecule has 3 rings (SSSR count). The number of hydrogen-bond acceptors (Lipinski definition) is 1. The van der Waals surface area contributed by atoms with Gasteiger partial charge in [-0.3, -0.25) is 4.79 Å². The molecule has 0 aliphatic heterocycles. The van der Waals surface area contributed by atoms with Crippen LogP contribution in [0.3, 0.4) is 0 Å². The van der Waals surface area contributed by atoms with Crippen LogP contribution >= 0.6 is 0 Å². The van der Waals surface area contributed by atoms with Crippen LogP contribution in [-0.4, -0.2) is 5.78 Å². The summed E-state index contributed by atoms with van der Waals surface area (Å²) in [7, 11) is 0. The van der Waals surface area contributed by atoms with E-state index in [0.717, 1.165) is 36.0 Å². The number of carbonyl (C=O) groups excluding carboxylic acids is 1. The van der Waals surface area contributed by atoms with Crippen LogP contribution in [0.25, 0.3) is 6.08 Å². The Bertz CT molecular complexity index is 673. The van der Waals surface area contributed by atoms with E-state index in [2.05, 4.69) is 0 Å². The Morgan fingerprint density at radius 2 is 1.86 bits per heavy atom. The lowest BCUT2D eigenvalue weighted by atomic mass is 9.79. The summed E-state index contributed by atoms with van der Waals surface area (Å²) in [6, 6.07) is 16.3. The number of rotatable bonds is 2. The van der Waals surface area contributed by atoms with Gasteiger partial charge in [0.05, 0.1) is 0 Å². The Hall–Kier alpha value is -2.22. The molecule has 0 bridgehead atoms. The van der Waals surface area contributed by atoms with Crippen molar-refractivity contribution in [2.24, 2.45) is 0 Å². The summed E-state index contributed by atoms with van der Waals surface area (Å²) in [5.74, 6) is -0.149. The normalized spacial score (nSPS) is 20.7. The van der Waals surface area contributed by atoms with E-state index in [1.165, 1.54) is 12.1 Å². The summed E-state index contributed by atoms with van der Waals surface area (Å²) in [6.07, 6.45) is 4.50. The highest BCUT2D eigenvalue weighted by Crippen LogP contribution is 2.33. The molecule has 1 fully saturated rings. The minimum absolute atomic E-state index is 0.0558. The molecule has 2 aromatic carbocycles. The Labute approximate surface area is 124 Å². The number of ketones is 1. The van der Waals surface area contributed by atoms with Crippen LogP contribution < -0.4 is 0 Å². The lowest BCUT2D eigenvalue weighted by molar-refractivity contribution is -0.117. The molecule has 1 nitrogen and oxygen atoms in total. The summed E-state index contributed by atoms with van der Waals surface area (Å²) < 4.78 is 13.2. The second kappa shape index (κ2) is 6.04. The van der Waals surface area contributed by atoms with Crippen LogP contribution in [-0.2, 0) is 4.79 Å². The number of halogens is 1. The van der Waals surface area contributed by atoms with Gasteiger partial charge in [-0.25, -0.2) is 4.39 Å². The second-order valence-corrected chi connectivity index (χ2v) is 5.44. The number of allylic oxidation sites excluding steroid dienone is 1. The van der Waals surface area contributed by atoms with Crippen molar-refractivity contribution in [3.05, 3.63) is 77.1 Å². The molecule has 106 valence electrons. The maximum absolute atomic E-state index is 13.2. The summed E-state index contributed by atoms with van der Waals surface area (Å²) in [5.41, 5.74) is 2.64. The Kier molecular flexibility index (Phi) is 3.96. The standard InChI is InChI=1S/C19H17FO/c20-17-10-4-6-14(13-17)12-16-9-5-11-18(19(16)21)15-7-2-1-3-8-15/h1-4,6-8,10,12-13,18H,5,9,11H2/b16-12+/t18-/m1/s1. The van der Waals surface area contributed by atoms with Gasteiger partial charge < -0.3 is 0 Å². The zero-order chi connectivity index (χ0) is 14.7. The number of benzene rings is 2. The molecule has 0 saturated heterocycles. The monoisotopic (exact) mass is 280 g/mol. The van der Waals surface area contributed by atoms with Gasteiger partial charge in [0.15, 0.2) is 5.78 Å². The van der Waals surface area contributed by atoms with Crippen molar-refractivity contribution in [1.29, 1.82) is 0 Å². The fourth-order valence-electron chi connectivity index (χ4n) is 2.92. The highest BCUT2D eigenvalue weighted by atomic mass is 19.1. The van der Waals surface area contributed by atoms with E-state index < -0.39 is 0 Å². The van der Waals surface area contributed by atoms with E-state index in [1.807, 2.05) is 42.5 Å². The van der Waals surface area contributed by atoms with Crippen LogP contribution in [0.1, 0.15) is 36.3 Å². The fourth-order valence-corrected chi connectivity index (χ4v) is 2.92. The quantitative estimate of drug-likeness (QED) is 0.726. The molecule has 2 aromatic rings. The van der Waals surface area contributed by atoms with Gasteiger partial charge in [0, 0.05) is 5.92 Å². The SMILES string of the molecule is O=C1/C(=C/c2cccc(F)c2)CCC[C@@H]1c1ccccc1. The zero-order valence-electron chi connectivity index (χ0n) is 11.8. The Balaban J connectivity index is 1.89. The molecule has 0 N–H and O–H groups in total. The van der Waals surface area contributed by atoms with Gasteiger partial charge in [-0.15, -0.1) is 0 Å². The molecule has 0 unspecified atom stereocenters. The first-order chi connectivity index (χ1) is 10.2. The molecule has 0 heterocycles. The lowest BCUT2D eigenvalue weighted by Gasteiger charge is -2.23. The second-order valence-electron chi connectivity index (χ2n) is 5.44. The molecule has 21 heavy (non-hydrogen) atoms. The number of hydrogen-bond donors (Lipinski definition) is 0. The highest BCUT2D eigenvalue weighted by molar-refractivity contribution is 6.04. The van der Waals surface area contributed by atoms with Crippen molar-refractivity contribution in [2.75, 3.05) is 0 Å². The molecule has 1 atom stereocenters. The van der Waals surface area contributed by atoms with Crippen molar-refractivity contribution < 1.29 is 9.18 Å². The molecule has 2 heteroatoms. The number of carbonyl (C=O) groups is 1. The summed E-state index contributed by atoms with van der Waals surface area (Å²) in [5, 5.41) is 0. The van der Waals surface area contributed by atoms with Gasteiger partial charge in [0.1, 0.15) is 5.82 Å². The van der Waals surface area contributed by atoms with E-state index in [0.29, 0.717) is 0 Å². The van der Waals surface area contributed by atoms with E-state index in [9.17, 15) is 9.18 Å².